The smallest absolute Gasteiger partial charge is 0.241 e. The van der Waals surface area contributed by atoms with Gasteiger partial charge in [-0.25, -0.2) is 4.98 Å². The van der Waals surface area contributed by atoms with Gasteiger partial charge in [0.05, 0.1) is 6.10 Å². The third-order valence-electron chi connectivity index (χ3n) is 3.77. The fourth-order valence-corrected chi connectivity index (χ4v) is 2.60. The number of anilines is 2. The van der Waals surface area contributed by atoms with Gasteiger partial charge in [0.1, 0.15) is 6.33 Å². The van der Waals surface area contributed by atoms with Crippen molar-refractivity contribution >= 4 is 11.9 Å². The number of nitrogen functional groups attached to an aromatic ring is 1. The van der Waals surface area contributed by atoms with Crippen LogP contribution in [0.15, 0.2) is 18.7 Å². The predicted octanol–water partition coefficient (Wildman–Crippen LogP) is 0.602. The summed E-state index contributed by atoms with van der Waals surface area (Å²) < 4.78 is 1.67. The highest BCUT2D eigenvalue weighted by atomic mass is 16.3. The number of hydrogen-bond donors (Lipinski definition) is 3. The van der Waals surface area contributed by atoms with Gasteiger partial charge in [0.15, 0.2) is 0 Å². The highest BCUT2D eigenvalue weighted by molar-refractivity contribution is 5.35. The molecule has 0 amide bonds. The summed E-state index contributed by atoms with van der Waals surface area (Å²) in [6.45, 7) is 0.633. The van der Waals surface area contributed by atoms with Gasteiger partial charge in [-0.05, 0) is 12.8 Å². The van der Waals surface area contributed by atoms with Crippen LogP contribution in [0.5, 0.6) is 0 Å². The standard InChI is InChI=1S/C13H19N7O/c14-11-17-12(16-7-9-3-1-2-4-10(9)21)19-13(18-11)20-6-5-15-8-20/h5-6,8-10,21H,1-4,7H2,(H3,14,16,17,18,19). The van der Waals surface area contributed by atoms with E-state index in [0.717, 1.165) is 25.7 Å². The molecular weight excluding hydrogens is 270 g/mol. The Kier molecular flexibility index (Phi) is 3.96. The molecular formula is C13H19N7O. The number of aromatic nitrogens is 5. The molecule has 0 spiro atoms. The minimum absolute atomic E-state index is 0.153. The van der Waals surface area contributed by atoms with Crippen LogP contribution in [0.4, 0.5) is 11.9 Å². The zero-order valence-corrected chi connectivity index (χ0v) is 11.7. The van der Waals surface area contributed by atoms with E-state index in [9.17, 15) is 5.11 Å². The summed E-state index contributed by atoms with van der Waals surface area (Å²) in [5, 5.41) is 13.1. The van der Waals surface area contributed by atoms with Gasteiger partial charge in [-0.3, -0.25) is 4.57 Å². The van der Waals surface area contributed by atoms with E-state index in [0.29, 0.717) is 18.4 Å². The van der Waals surface area contributed by atoms with Crippen molar-refractivity contribution in [2.45, 2.75) is 31.8 Å². The summed E-state index contributed by atoms with van der Waals surface area (Å²) in [6, 6.07) is 0. The summed E-state index contributed by atoms with van der Waals surface area (Å²) in [5.41, 5.74) is 5.72. The Morgan fingerprint density at radius 3 is 2.90 bits per heavy atom. The van der Waals surface area contributed by atoms with Crippen molar-refractivity contribution < 1.29 is 5.11 Å². The lowest BCUT2D eigenvalue weighted by Gasteiger charge is -2.27. The van der Waals surface area contributed by atoms with Gasteiger partial charge >= 0.3 is 0 Å². The number of nitrogens with zero attached hydrogens (tertiary/aromatic N) is 5. The third kappa shape index (κ3) is 3.27. The number of nitrogens with one attached hydrogen (secondary N) is 1. The number of nitrogens with two attached hydrogens (primary N) is 1. The average molecular weight is 289 g/mol. The number of aliphatic hydroxyl groups excluding tert-OH is 1. The Balaban J connectivity index is 1.70. The molecule has 0 bridgehead atoms. The van der Waals surface area contributed by atoms with Gasteiger partial charge in [0.25, 0.3) is 0 Å². The lowest BCUT2D eigenvalue weighted by Crippen LogP contribution is -2.30. The second-order valence-corrected chi connectivity index (χ2v) is 5.28. The Morgan fingerprint density at radius 1 is 1.29 bits per heavy atom. The molecule has 1 aliphatic carbocycles. The van der Waals surface area contributed by atoms with Crippen LogP contribution in [0, 0.1) is 5.92 Å². The fourth-order valence-electron chi connectivity index (χ4n) is 2.60. The molecule has 112 valence electrons. The van der Waals surface area contributed by atoms with Crippen molar-refractivity contribution in [3.05, 3.63) is 18.7 Å². The Labute approximate surface area is 122 Å². The monoisotopic (exact) mass is 289 g/mol. The van der Waals surface area contributed by atoms with Crippen LogP contribution in [0.1, 0.15) is 25.7 Å². The molecule has 1 fully saturated rings. The molecule has 1 saturated carbocycles. The molecule has 8 nitrogen and oxygen atoms in total. The highest BCUT2D eigenvalue weighted by Gasteiger charge is 2.23. The summed E-state index contributed by atoms with van der Waals surface area (Å²) in [4.78, 5) is 16.4. The first-order valence-corrected chi connectivity index (χ1v) is 7.14. The van der Waals surface area contributed by atoms with Crippen LogP contribution in [-0.2, 0) is 0 Å². The maximum Gasteiger partial charge on any atom is 0.241 e. The first-order valence-electron chi connectivity index (χ1n) is 7.14. The van der Waals surface area contributed by atoms with E-state index >= 15 is 0 Å². The van der Waals surface area contributed by atoms with Crippen LogP contribution in [0.25, 0.3) is 5.95 Å². The van der Waals surface area contributed by atoms with E-state index in [1.54, 1.807) is 23.3 Å². The van der Waals surface area contributed by atoms with Crippen molar-refractivity contribution in [3.63, 3.8) is 0 Å². The molecule has 2 atom stereocenters. The van der Waals surface area contributed by atoms with E-state index in [4.69, 9.17) is 5.73 Å². The molecule has 0 saturated heterocycles. The van der Waals surface area contributed by atoms with Crippen LogP contribution in [0.2, 0.25) is 0 Å². The number of rotatable bonds is 4. The quantitative estimate of drug-likeness (QED) is 0.755. The van der Waals surface area contributed by atoms with E-state index in [-0.39, 0.29) is 18.0 Å². The lowest BCUT2D eigenvalue weighted by atomic mass is 9.86. The highest BCUT2D eigenvalue weighted by Crippen LogP contribution is 2.24. The van der Waals surface area contributed by atoms with E-state index in [1.807, 2.05) is 0 Å². The summed E-state index contributed by atoms with van der Waals surface area (Å²) in [6.07, 6.45) is 8.87. The van der Waals surface area contributed by atoms with Gasteiger partial charge in [-0.15, -0.1) is 0 Å². The van der Waals surface area contributed by atoms with Gasteiger partial charge in [-0.2, -0.15) is 15.0 Å². The van der Waals surface area contributed by atoms with Gasteiger partial charge in [-0.1, -0.05) is 12.8 Å². The summed E-state index contributed by atoms with van der Waals surface area (Å²) in [7, 11) is 0. The Hall–Kier alpha value is -2.22. The maximum atomic E-state index is 9.98. The SMILES string of the molecule is Nc1nc(NCC2CCCCC2O)nc(-n2ccnc2)n1. The second-order valence-electron chi connectivity index (χ2n) is 5.28. The molecule has 2 aromatic rings. The molecule has 3 rings (SSSR count). The van der Waals surface area contributed by atoms with Crippen LogP contribution >= 0.6 is 0 Å². The zero-order chi connectivity index (χ0) is 14.7. The summed E-state index contributed by atoms with van der Waals surface area (Å²) in [5.74, 6) is 1.23. The van der Waals surface area contributed by atoms with Crippen LogP contribution in [-0.4, -0.2) is 42.3 Å². The molecule has 4 N–H and O–H groups in total. The maximum absolute atomic E-state index is 9.98. The molecule has 8 heteroatoms. The number of hydrogen-bond acceptors (Lipinski definition) is 7. The lowest BCUT2D eigenvalue weighted by molar-refractivity contribution is 0.0762. The van der Waals surface area contributed by atoms with Crippen molar-refractivity contribution in [3.8, 4) is 5.95 Å². The normalized spacial score (nSPS) is 22.1. The van der Waals surface area contributed by atoms with Crippen LogP contribution < -0.4 is 11.1 Å². The molecule has 0 radical (unpaired) electrons. The van der Waals surface area contributed by atoms with Gasteiger partial charge < -0.3 is 16.2 Å². The predicted molar refractivity (Wildman–Crippen MR) is 77.8 cm³/mol. The largest absolute Gasteiger partial charge is 0.393 e. The average Bonchev–Trinajstić information content (AvgIpc) is 3.00. The van der Waals surface area contributed by atoms with Crippen molar-refractivity contribution in [1.29, 1.82) is 0 Å². The molecule has 0 aliphatic heterocycles. The van der Waals surface area contributed by atoms with E-state index < -0.39 is 0 Å². The van der Waals surface area contributed by atoms with Crippen LogP contribution in [0.3, 0.4) is 0 Å². The fraction of sp³-hybridized carbons (Fsp3) is 0.538. The minimum Gasteiger partial charge on any atom is -0.393 e. The molecule has 21 heavy (non-hydrogen) atoms. The van der Waals surface area contributed by atoms with Gasteiger partial charge in [0.2, 0.25) is 17.8 Å². The first kappa shape index (κ1) is 13.7. The Bertz CT molecular complexity index is 586. The minimum atomic E-state index is -0.251. The first-order chi connectivity index (χ1) is 10.2. The van der Waals surface area contributed by atoms with Crippen molar-refractivity contribution in [1.82, 2.24) is 24.5 Å². The molecule has 2 aromatic heterocycles. The van der Waals surface area contributed by atoms with E-state index in [1.165, 1.54) is 0 Å². The van der Waals surface area contributed by atoms with Gasteiger partial charge in [0, 0.05) is 24.9 Å². The van der Waals surface area contributed by atoms with Crippen molar-refractivity contribution in [2.75, 3.05) is 17.6 Å². The molecule has 1 aliphatic rings. The number of aliphatic hydroxyl groups is 1. The Morgan fingerprint density at radius 2 is 2.14 bits per heavy atom. The number of imidazole rings is 1. The second kappa shape index (κ2) is 6.04. The molecule has 0 aromatic carbocycles. The van der Waals surface area contributed by atoms with E-state index in [2.05, 4.69) is 25.3 Å². The topological polar surface area (TPSA) is 115 Å². The molecule has 2 unspecified atom stereocenters. The zero-order valence-electron chi connectivity index (χ0n) is 11.7. The summed E-state index contributed by atoms with van der Waals surface area (Å²) >= 11 is 0. The van der Waals surface area contributed by atoms with Crippen molar-refractivity contribution in [2.24, 2.45) is 5.92 Å². The third-order valence-corrected chi connectivity index (χ3v) is 3.77. The molecule has 2 heterocycles.